The standard InChI is InChI=1S/C14H16Cl2N2O/c1-14(19,10-4-3-5-11(15)6-10)7-13-12(16)8-17-9-18(13)2/h3-6,8-9,13,19H,7H2,1-2H3/t13-,14?/m0/s1. The van der Waals surface area contributed by atoms with E-state index < -0.39 is 5.60 Å². The fraction of sp³-hybridized carbons (Fsp3) is 0.357. The van der Waals surface area contributed by atoms with Crippen molar-refractivity contribution in [3.8, 4) is 0 Å². The van der Waals surface area contributed by atoms with Crippen LogP contribution in [0, 0.1) is 0 Å². The highest BCUT2D eigenvalue weighted by Crippen LogP contribution is 2.32. The third-order valence-electron chi connectivity index (χ3n) is 3.29. The monoisotopic (exact) mass is 298 g/mol. The highest BCUT2D eigenvalue weighted by Gasteiger charge is 2.31. The van der Waals surface area contributed by atoms with Crippen molar-refractivity contribution >= 4 is 29.5 Å². The Bertz CT molecular complexity index is 526. The minimum Gasteiger partial charge on any atom is -0.385 e. The summed E-state index contributed by atoms with van der Waals surface area (Å²) in [6.07, 6.45) is 3.77. The molecule has 0 saturated heterocycles. The Kier molecular flexibility index (Phi) is 4.19. The van der Waals surface area contributed by atoms with Crippen LogP contribution in [-0.2, 0) is 5.60 Å². The highest BCUT2D eigenvalue weighted by atomic mass is 35.5. The number of aliphatic imine (C=N–C) groups is 1. The number of aliphatic hydroxyl groups is 1. The zero-order chi connectivity index (χ0) is 14.0. The summed E-state index contributed by atoms with van der Waals surface area (Å²) in [6, 6.07) is 7.16. The molecule has 1 heterocycles. The SMILES string of the molecule is CN1C=NC=C(Cl)[C@@H]1CC(C)(O)c1cccc(Cl)c1. The van der Waals surface area contributed by atoms with Crippen LogP contribution >= 0.6 is 23.2 Å². The van der Waals surface area contributed by atoms with E-state index in [-0.39, 0.29) is 6.04 Å². The molecule has 0 aromatic heterocycles. The minimum absolute atomic E-state index is 0.0897. The van der Waals surface area contributed by atoms with E-state index in [0.29, 0.717) is 16.5 Å². The van der Waals surface area contributed by atoms with Gasteiger partial charge < -0.3 is 10.0 Å². The number of hydrogen-bond donors (Lipinski definition) is 1. The van der Waals surface area contributed by atoms with Crippen LogP contribution in [0.4, 0.5) is 0 Å². The van der Waals surface area contributed by atoms with Gasteiger partial charge in [-0.2, -0.15) is 0 Å². The molecule has 1 N–H and O–H groups in total. The van der Waals surface area contributed by atoms with Gasteiger partial charge in [0.05, 0.1) is 23.0 Å². The van der Waals surface area contributed by atoms with E-state index in [1.54, 1.807) is 31.6 Å². The molecule has 0 fully saturated rings. The molecule has 0 radical (unpaired) electrons. The Balaban J connectivity index is 2.22. The zero-order valence-electron chi connectivity index (χ0n) is 10.8. The molecular weight excluding hydrogens is 283 g/mol. The quantitative estimate of drug-likeness (QED) is 0.929. The first-order valence-corrected chi connectivity index (χ1v) is 6.75. The molecule has 0 amide bonds. The lowest BCUT2D eigenvalue weighted by Gasteiger charge is -2.34. The van der Waals surface area contributed by atoms with Crippen LogP contribution in [0.5, 0.6) is 0 Å². The number of nitrogens with zero attached hydrogens (tertiary/aromatic N) is 2. The minimum atomic E-state index is -1.01. The van der Waals surface area contributed by atoms with E-state index in [1.165, 1.54) is 0 Å². The van der Waals surface area contributed by atoms with Crippen molar-refractivity contribution in [3.63, 3.8) is 0 Å². The molecule has 1 unspecified atom stereocenters. The fourth-order valence-electron chi connectivity index (χ4n) is 2.13. The smallest absolute Gasteiger partial charge is 0.0908 e. The van der Waals surface area contributed by atoms with Gasteiger partial charge >= 0.3 is 0 Å². The second-order valence-electron chi connectivity index (χ2n) is 4.95. The van der Waals surface area contributed by atoms with Gasteiger partial charge in [-0.05, 0) is 24.6 Å². The molecular formula is C14H16Cl2N2O. The van der Waals surface area contributed by atoms with E-state index in [4.69, 9.17) is 23.2 Å². The average Bonchev–Trinajstić information content (AvgIpc) is 2.34. The number of benzene rings is 1. The largest absolute Gasteiger partial charge is 0.385 e. The van der Waals surface area contributed by atoms with Crippen molar-refractivity contribution in [1.82, 2.24) is 4.90 Å². The predicted octanol–water partition coefficient (Wildman–Crippen LogP) is 3.36. The van der Waals surface area contributed by atoms with Crippen molar-refractivity contribution in [2.75, 3.05) is 7.05 Å². The van der Waals surface area contributed by atoms with Crippen LogP contribution in [0.3, 0.4) is 0 Å². The maximum Gasteiger partial charge on any atom is 0.0908 e. The van der Waals surface area contributed by atoms with E-state index in [9.17, 15) is 5.11 Å². The Morgan fingerprint density at radius 1 is 1.42 bits per heavy atom. The Morgan fingerprint density at radius 2 is 2.16 bits per heavy atom. The Hall–Kier alpha value is -1.03. The van der Waals surface area contributed by atoms with Gasteiger partial charge in [-0.25, -0.2) is 4.99 Å². The fourth-order valence-corrected chi connectivity index (χ4v) is 2.61. The lowest BCUT2D eigenvalue weighted by atomic mass is 9.88. The molecule has 0 bridgehead atoms. The number of likely N-dealkylation sites (N-methyl/N-ethyl adjacent to an activating group) is 1. The van der Waals surface area contributed by atoms with Crippen molar-refractivity contribution < 1.29 is 5.11 Å². The molecule has 102 valence electrons. The maximum atomic E-state index is 10.7. The lowest BCUT2D eigenvalue weighted by Crippen LogP contribution is -2.39. The van der Waals surface area contributed by atoms with Crippen LogP contribution < -0.4 is 0 Å². The molecule has 0 saturated carbocycles. The van der Waals surface area contributed by atoms with Crippen LogP contribution in [0.2, 0.25) is 5.02 Å². The average molecular weight is 299 g/mol. The van der Waals surface area contributed by atoms with Crippen LogP contribution in [-0.4, -0.2) is 29.4 Å². The molecule has 2 rings (SSSR count). The Labute approximate surface area is 123 Å². The molecule has 19 heavy (non-hydrogen) atoms. The Morgan fingerprint density at radius 3 is 2.79 bits per heavy atom. The van der Waals surface area contributed by atoms with Crippen molar-refractivity contribution in [2.45, 2.75) is 25.0 Å². The molecule has 1 aliphatic rings. The van der Waals surface area contributed by atoms with Gasteiger partial charge in [0, 0.05) is 24.7 Å². The topological polar surface area (TPSA) is 35.8 Å². The van der Waals surface area contributed by atoms with Gasteiger partial charge in [-0.1, -0.05) is 35.3 Å². The van der Waals surface area contributed by atoms with Crippen LogP contribution in [0.25, 0.3) is 0 Å². The molecule has 0 aliphatic carbocycles. The summed E-state index contributed by atoms with van der Waals surface area (Å²) in [5, 5.41) is 11.9. The first kappa shape index (κ1) is 14.4. The molecule has 1 aromatic carbocycles. The molecule has 3 nitrogen and oxygen atoms in total. The first-order valence-electron chi connectivity index (χ1n) is 5.99. The van der Waals surface area contributed by atoms with Gasteiger partial charge in [0.25, 0.3) is 0 Å². The number of rotatable bonds is 3. The van der Waals surface area contributed by atoms with Crippen LogP contribution in [0.15, 0.2) is 40.5 Å². The summed E-state index contributed by atoms with van der Waals surface area (Å²) in [7, 11) is 1.89. The summed E-state index contributed by atoms with van der Waals surface area (Å²) < 4.78 is 0. The zero-order valence-corrected chi connectivity index (χ0v) is 12.4. The molecule has 2 atom stereocenters. The van der Waals surface area contributed by atoms with Crippen molar-refractivity contribution in [2.24, 2.45) is 4.99 Å². The highest BCUT2D eigenvalue weighted by molar-refractivity contribution is 6.30. The summed E-state index contributed by atoms with van der Waals surface area (Å²) >= 11 is 12.1. The van der Waals surface area contributed by atoms with Gasteiger partial charge in [0.15, 0.2) is 0 Å². The second-order valence-corrected chi connectivity index (χ2v) is 5.82. The third-order valence-corrected chi connectivity index (χ3v) is 3.88. The molecule has 1 aromatic rings. The van der Waals surface area contributed by atoms with Crippen molar-refractivity contribution in [1.29, 1.82) is 0 Å². The van der Waals surface area contributed by atoms with Gasteiger partial charge in [0.2, 0.25) is 0 Å². The van der Waals surface area contributed by atoms with Crippen LogP contribution in [0.1, 0.15) is 18.9 Å². The third kappa shape index (κ3) is 3.30. The van der Waals surface area contributed by atoms with Gasteiger partial charge in [0.1, 0.15) is 0 Å². The first-order chi connectivity index (χ1) is 8.90. The number of hydrogen-bond acceptors (Lipinski definition) is 3. The normalized spacial score (nSPS) is 22.1. The van der Waals surface area contributed by atoms with E-state index >= 15 is 0 Å². The molecule has 1 aliphatic heterocycles. The lowest BCUT2D eigenvalue weighted by molar-refractivity contribution is 0.0337. The number of halogens is 2. The van der Waals surface area contributed by atoms with E-state index in [2.05, 4.69) is 4.99 Å². The summed E-state index contributed by atoms with van der Waals surface area (Å²) in [4.78, 5) is 5.90. The second kappa shape index (κ2) is 5.53. The van der Waals surface area contributed by atoms with E-state index in [0.717, 1.165) is 5.56 Å². The maximum absolute atomic E-state index is 10.7. The van der Waals surface area contributed by atoms with Gasteiger partial charge in [-0.3, -0.25) is 0 Å². The molecule has 5 heteroatoms. The predicted molar refractivity (Wildman–Crippen MR) is 79.6 cm³/mol. The van der Waals surface area contributed by atoms with Gasteiger partial charge in [-0.15, -0.1) is 0 Å². The summed E-state index contributed by atoms with van der Waals surface area (Å²) in [5.74, 6) is 0. The molecule has 0 spiro atoms. The summed E-state index contributed by atoms with van der Waals surface area (Å²) in [6.45, 7) is 1.77. The van der Waals surface area contributed by atoms with Crippen molar-refractivity contribution in [3.05, 3.63) is 46.1 Å². The summed E-state index contributed by atoms with van der Waals surface area (Å²) in [5.41, 5.74) is -0.233. The van der Waals surface area contributed by atoms with E-state index in [1.807, 2.05) is 24.1 Å².